The van der Waals surface area contributed by atoms with Crippen molar-refractivity contribution in [3.05, 3.63) is 36.2 Å². The Morgan fingerprint density at radius 3 is 3.05 bits per heavy atom. The Labute approximate surface area is 118 Å². The highest BCUT2D eigenvalue weighted by molar-refractivity contribution is 5.92. The number of methoxy groups -OCH3 is 1. The van der Waals surface area contributed by atoms with E-state index in [1.54, 1.807) is 23.4 Å². The number of carbonyl (C=O) groups excluding carboxylic acids is 2. The van der Waals surface area contributed by atoms with E-state index in [0.717, 1.165) is 18.4 Å². The van der Waals surface area contributed by atoms with E-state index in [1.807, 2.05) is 12.1 Å². The van der Waals surface area contributed by atoms with Crippen molar-refractivity contribution < 1.29 is 14.3 Å². The van der Waals surface area contributed by atoms with Crippen molar-refractivity contribution >= 4 is 18.0 Å². The second kappa shape index (κ2) is 6.84. The van der Waals surface area contributed by atoms with Gasteiger partial charge in [-0.25, -0.2) is 0 Å². The summed E-state index contributed by atoms with van der Waals surface area (Å²) in [6.07, 6.45) is 8.24. The first-order chi connectivity index (χ1) is 9.70. The predicted molar refractivity (Wildman–Crippen MR) is 74.6 cm³/mol. The van der Waals surface area contributed by atoms with Gasteiger partial charge in [0.2, 0.25) is 5.91 Å². The van der Waals surface area contributed by atoms with Gasteiger partial charge in [-0.15, -0.1) is 0 Å². The van der Waals surface area contributed by atoms with Crippen LogP contribution in [-0.4, -0.2) is 42.0 Å². The summed E-state index contributed by atoms with van der Waals surface area (Å²) in [4.78, 5) is 29.3. The van der Waals surface area contributed by atoms with E-state index in [2.05, 4.69) is 4.98 Å². The van der Waals surface area contributed by atoms with Crippen LogP contribution in [0.5, 0.6) is 0 Å². The number of aromatic nitrogens is 1. The van der Waals surface area contributed by atoms with Crippen LogP contribution in [0.4, 0.5) is 0 Å². The van der Waals surface area contributed by atoms with Gasteiger partial charge in [-0.05, 0) is 30.5 Å². The highest BCUT2D eigenvalue weighted by Crippen LogP contribution is 2.18. The first-order valence-electron chi connectivity index (χ1n) is 6.65. The van der Waals surface area contributed by atoms with E-state index in [4.69, 9.17) is 4.74 Å². The van der Waals surface area contributed by atoms with Crippen LogP contribution in [-0.2, 0) is 14.3 Å². The average molecular weight is 274 g/mol. The fourth-order valence-corrected chi connectivity index (χ4v) is 2.28. The molecule has 0 aliphatic carbocycles. The van der Waals surface area contributed by atoms with Gasteiger partial charge >= 0.3 is 5.97 Å². The molecule has 2 rings (SSSR count). The number of carbonyl (C=O) groups is 2. The molecule has 0 N–H and O–H groups in total. The van der Waals surface area contributed by atoms with Gasteiger partial charge in [0.05, 0.1) is 13.0 Å². The van der Waals surface area contributed by atoms with Gasteiger partial charge in [-0.3, -0.25) is 14.6 Å². The molecule has 106 valence electrons. The Balaban J connectivity index is 1.95. The lowest BCUT2D eigenvalue weighted by molar-refractivity contribution is -0.148. The molecule has 0 radical (unpaired) electrons. The third kappa shape index (κ3) is 3.66. The summed E-state index contributed by atoms with van der Waals surface area (Å²) in [5.41, 5.74) is 0.877. The van der Waals surface area contributed by atoms with Crippen molar-refractivity contribution in [3.63, 3.8) is 0 Å². The van der Waals surface area contributed by atoms with Gasteiger partial charge in [0, 0.05) is 31.6 Å². The second-order valence-corrected chi connectivity index (χ2v) is 4.77. The summed E-state index contributed by atoms with van der Waals surface area (Å²) in [6.45, 7) is 1.12. The van der Waals surface area contributed by atoms with Crippen LogP contribution in [0, 0.1) is 5.92 Å². The molecule has 2 heterocycles. The smallest absolute Gasteiger partial charge is 0.310 e. The predicted octanol–water partition coefficient (Wildman–Crippen LogP) is 1.51. The number of pyridine rings is 1. The molecule has 1 aliphatic heterocycles. The quantitative estimate of drug-likeness (QED) is 0.619. The van der Waals surface area contributed by atoms with Crippen LogP contribution in [0.15, 0.2) is 30.6 Å². The lowest BCUT2D eigenvalue weighted by atomic mass is 9.98. The molecule has 5 heteroatoms. The van der Waals surface area contributed by atoms with Crippen LogP contribution >= 0.6 is 0 Å². The molecule has 1 aliphatic rings. The summed E-state index contributed by atoms with van der Waals surface area (Å²) >= 11 is 0. The minimum atomic E-state index is -0.237. The molecule has 1 saturated heterocycles. The fraction of sp³-hybridized carbons (Fsp3) is 0.400. The van der Waals surface area contributed by atoms with E-state index in [1.165, 1.54) is 13.2 Å². The van der Waals surface area contributed by atoms with Crippen molar-refractivity contribution in [2.45, 2.75) is 12.8 Å². The number of hydrogen-bond donors (Lipinski definition) is 0. The Morgan fingerprint density at radius 2 is 2.35 bits per heavy atom. The van der Waals surface area contributed by atoms with Crippen molar-refractivity contribution in [2.24, 2.45) is 5.92 Å². The molecule has 1 atom stereocenters. The van der Waals surface area contributed by atoms with Gasteiger partial charge < -0.3 is 9.64 Å². The van der Waals surface area contributed by atoms with E-state index in [0.29, 0.717) is 13.1 Å². The lowest BCUT2D eigenvalue weighted by Gasteiger charge is -2.30. The van der Waals surface area contributed by atoms with Gasteiger partial charge in [-0.1, -0.05) is 6.07 Å². The number of ether oxygens (including phenoxy) is 1. The minimum Gasteiger partial charge on any atom is -0.469 e. The summed E-state index contributed by atoms with van der Waals surface area (Å²) in [5, 5.41) is 0. The third-order valence-corrected chi connectivity index (χ3v) is 3.37. The molecule has 5 nitrogen and oxygen atoms in total. The molecule has 1 aromatic rings. The summed E-state index contributed by atoms with van der Waals surface area (Å²) < 4.78 is 4.74. The van der Waals surface area contributed by atoms with E-state index >= 15 is 0 Å². The Hall–Kier alpha value is -2.17. The molecule has 0 bridgehead atoms. The number of rotatable bonds is 3. The van der Waals surface area contributed by atoms with Crippen LogP contribution in [0.3, 0.4) is 0 Å². The van der Waals surface area contributed by atoms with Gasteiger partial charge in [-0.2, -0.15) is 0 Å². The zero-order valence-electron chi connectivity index (χ0n) is 11.5. The molecular formula is C15H18N2O3. The fourth-order valence-electron chi connectivity index (χ4n) is 2.28. The van der Waals surface area contributed by atoms with Crippen molar-refractivity contribution in [2.75, 3.05) is 20.2 Å². The van der Waals surface area contributed by atoms with Crippen LogP contribution < -0.4 is 0 Å². The summed E-state index contributed by atoms with van der Waals surface area (Å²) in [5.74, 6) is -0.523. The van der Waals surface area contributed by atoms with Gasteiger partial charge in [0.15, 0.2) is 0 Å². The molecule has 0 saturated carbocycles. The normalized spacial score (nSPS) is 19.1. The monoisotopic (exact) mass is 274 g/mol. The molecule has 1 unspecified atom stereocenters. The second-order valence-electron chi connectivity index (χ2n) is 4.77. The highest BCUT2D eigenvalue weighted by Gasteiger charge is 2.27. The highest BCUT2D eigenvalue weighted by atomic mass is 16.5. The maximum atomic E-state index is 12.1. The number of likely N-dealkylation sites (tertiary alicyclic amines) is 1. The zero-order valence-corrected chi connectivity index (χ0v) is 11.5. The summed E-state index contributed by atoms with van der Waals surface area (Å²) in [7, 11) is 1.38. The van der Waals surface area contributed by atoms with E-state index in [-0.39, 0.29) is 17.8 Å². The number of nitrogens with zero attached hydrogens (tertiary/aromatic N) is 2. The maximum Gasteiger partial charge on any atom is 0.310 e. The first-order valence-corrected chi connectivity index (χ1v) is 6.65. The Morgan fingerprint density at radius 1 is 1.50 bits per heavy atom. The number of hydrogen-bond acceptors (Lipinski definition) is 4. The Bertz CT molecular complexity index is 499. The van der Waals surface area contributed by atoms with Gasteiger partial charge in [0.1, 0.15) is 0 Å². The maximum absolute atomic E-state index is 12.1. The van der Waals surface area contributed by atoms with Gasteiger partial charge in [0.25, 0.3) is 0 Å². The van der Waals surface area contributed by atoms with Crippen LogP contribution in [0.25, 0.3) is 6.08 Å². The van der Waals surface area contributed by atoms with E-state index < -0.39 is 0 Å². The number of amides is 1. The number of piperidine rings is 1. The largest absolute Gasteiger partial charge is 0.469 e. The Kier molecular flexibility index (Phi) is 4.87. The van der Waals surface area contributed by atoms with Crippen molar-refractivity contribution in [1.82, 2.24) is 9.88 Å². The molecule has 20 heavy (non-hydrogen) atoms. The molecule has 1 amide bonds. The van der Waals surface area contributed by atoms with Crippen molar-refractivity contribution in [1.29, 1.82) is 0 Å². The standard InChI is InChI=1S/C15H18N2O3/c1-20-15(19)13-5-3-9-17(11-13)14(18)7-6-12-4-2-8-16-10-12/h2,4,6-8,10,13H,3,5,9,11H2,1H3/b7-6+. The third-order valence-electron chi connectivity index (χ3n) is 3.37. The summed E-state index contributed by atoms with van der Waals surface area (Å²) in [6, 6.07) is 3.70. The number of esters is 1. The molecule has 0 aromatic carbocycles. The average Bonchev–Trinajstić information content (AvgIpc) is 2.53. The zero-order chi connectivity index (χ0) is 14.4. The lowest BCUT2D eigenvalue weighted by Crippen LogP contribution is -2.41. The SMILES string of the molecule is COC(=O)C1CCCN(C(=O)/C=C/c2cccnc2)C1. The molecule has 0 spiro atoms. The van der Waals surface area contributed by atoms with Crippen LogP contribution in [0.2, 0.25) is 0 Å². The minimum absolute atomic E-state index is 0.0811. The van der Waals surface area contributed by atoms with E-state index in [9.17, 15) is 9.59 Å². The van der Waals surface area contributed by atoms with Crippen LogP contribution in [0.1, 0.15) is 18.4 Å². The molecule has 1 aromatic heterocycles. The molecular weight excluding hydrogens is 256 g/mol. The van der Waals surface area contributed by atoms with Crippen molar-refractivity contribution in [3.8, 4) is 0 Å². The first kappa shape index (κ1) is 14.2. The molecule has 1 fully saturated rings. The topological polar surface area (TPSA) is 59.5 Å².